The summed E-state index contributed by atoms with van der Waals surface area (Å²) in [6.45, 7) is 0. The van der Waals surface area contributed by atoms with Gasteiger partial charge in [0.05, 0.1) is 22.9 Å². The summed E-state index contributed by atoms with van der Waals surface area (Å²) < 4.78 is 67.6. The molecule has 1 heterocycles. The van der Waals surface area contributed by atoms with Crippen molar-refractivity contribution in [3.63, 3.8) is 0 Å². The van der Waals surface area contributed by atoms with E-state index in [1.54, 1.807) is 30.3 Å². The third-order valence-corrected chi connectivity index (χ3v) is 7.57. The van der Waals surface area contributed by atoms with Crippen molar-refractivity contribution in [3.8, 4) is 0 Å². The Balaban J connectivity index is 1.75. The molecule has 1 N–H and O–H groups in total. The van der Waals surface area contributed by atoms with Crippen LogP contribution >= 0.6 is 11.6 Å². The lowest BCUT2D eigenvalue weighted by molar-refractivity contribution is 0.362. The molecule has 0 unspecified atom stereocenters. The van der Waals surface area contributed by atoms with Gasteiger partial charge in [-0.2, -0.15) is 17.9 Å². The molecule has 1 aliphatic rings. The van der Waals surface area contributed by atoms with Gasteiger partial charge >= 0.3 is 0 Å². The Morgan fingerprint density at radius 2 is 1.61 bits per heavy atom. The molecule has 0 radical (unpaired) electrons. The molecule has 1 atom stereocenters. The van der Waals surface area contributed by atoms with Gasteiger partial charge in [0.1, 0.15) is 5.82 Å². The second-order valence-corrected chi connectivity index (χ2v) is 11.5. The van der Waals surface area contributed by atoms with Gasteiger partial charge < -0.3 is 0 Å². The van der Waals surface area contributed by atoms with Crippen molar-refractivity contribution in [3.05, 3.63) is 94.8 Å². The molecule has 0 aromatic heterocycles. The van der Waals surface area contributed by atoms with Gasteiger partial charge in [0.15, 0.2) is 0 Å². The largest absolute Gasteiger partial charge is 0.284 e. The van der Waals surface area contributed by atoms with Crippen LogP contribution in [-0.2, 0) is 20.0 Å². The summed E-state index contributed by atoms with van der Waals surface area (Å²) in [5.41, 5.74) is 1.57. The van der Waals surface area contributed by atoms with E-state index in [-0.39, 0.29) is 16.9 Å². The number of halogens is 2. The van der Waals surface area contributed by atoms with Crippen molar-refractivity contribution >= 4 is 43.0 Å². The molecule has 0 saturated heterocycles. The topological polar surface area (TPSA) is 95.9 Å². The summed E-state index contributed by atoms with van der Waals surface area (Å²) >= 11 is 5.89. The Morgan fingerprint density at radius 3 is 2.21 bits per heavy atom. The zero-order valence-electron chi connectivity index (χ0n) is 17.3. The van der Waals surface area contributed by atoms with E-state index in [0.717, 1.165) is 10.7 Å². The quantitative estimate of drug-likeness (QED) is 0.535. The number of hydrazone groups is 1. The zero-order chi connectivity index (χ0) is 23.8. The predicted octanol–water partition coefficient (Wildman–Crippen LogP) is 4.39. The molecule has 0 fully saturated rings. The highest BCUT2D eigenvalue weighted by Crippen LogP contribution is 2.38. The highest BCUT2D eigenvalue weighted by molar-refractivity contribution is 7.92. The molecule has 3 aromatic rings. The van der Waals surface area contributed by atoms with Crippen molar-refractivity contribution in [1.82, 2.24) is 4.41 Å². The average Bonchev–Trinajstić information content (AvgIpc) is 3.20. The van der Waals surface area contributed by atoms with E-state index in [4.69, 9.17) is 11.6 Å². The highest BCUT2D eigenvalue weighted by atomic mass is 35.5. The molecule has 0 bridgehead atoms. The van der Waals surface area contributed by atoms with Gasteiger partial charge in [0.25, 0.3) is 10.0 Å². The molecule has 7 nitrogen and oxygen atoms in total. The van der Waals surface area contributed by atoms with E-state index in [0.29, 0.717) is 22.0 Å². The number of nitrogens with one attached hydrogen (secondary N) is 1. The van der Waals surface area contributed by atoms with Crippen LogP contribution in [0.1, 0.15) is 23.6 Å². The first-order chi connectivity index (χ1) is 15.5. The molecule has 11 heteroatoms. The Kier molecular flexibility index (Phi) is 6.17. The summed E-state index contributed by atoms with van der Waals surface area (Å²) in [6.07, 6.45) is 1.17. The summed E-state index contributed by atoms with van der Waals surface area (Å²) in [7, 11) is -7.55. The van der Waals surface area contributed by atoms with Gasteiger partial charge in [-0.1, -0.05) is 41.9 Å². The third kappa shape index (κ3) is 5.02. The molecule has 0 aliphatic carbocycles. The molecular formula is C22H19ClFN3O4S2. The first kappa shape index (κ1) is 23.2. The number of hydrogen-bond donors (Lipinski definition) is 1. The van der Waals surface area contributed by atoms with Crippen LogP contribution in [0.15, 0.2) is 82.8 Å². The maximum Gasteiger partial charge on any atom is 0.279 e. The van der Waals surface area contributed by atoms with E-state index in [1.807, 2.05) is 0 Å². The van der Waals surface area contributed by atoms with Crippen LogP contribution < -0.4 is 4.72 Å². The minimum absolute atomic E-state index is 0.0223. The summed E-state index contributed by atoms with van der Waals surface area (Å²) in [5, 5.41) is 4.74. The van der Waals surface area contributed by atoms with E-state index in [2.05, 4.69) is 9.82 Å². The molecule has 1 aliphatic heterocycles. The third-order valence-electron chi connectivity index (χ3n) is 5.02. The fraction of sp³-hybridized carbons (Fsp3) is 0.136. The predicted molar refractivity (Wildman–Crippen MR) is 126 cm³/mol. The number of rotatable bonds is 6. The molecule has 33 heavy (non-hydrogen) atoms. The fourth-order valence-electron chi connectivity index (χ4n) is 3.52. The van der Waals surface area contributed by atoms with Gasteiger partial charge in [-0.25, -0.2) is 12.8 Å². The number of anilines is 1. The molecule has 0 amide bonds. The van der Waals surface area contributed by atoms with Crippen LogP contribution in [0.5, 0.6) is 0 Å². The first-order valence-corrected chi connectivity index (χ1v) is 13.5. The molecule has 172 valence electrons. The Hall–Kier alpha value is -2.95. The van der Waals surface area contributed by atoms with Gasteiger partial charge in [0.2, 0.25) is 10.0 Å². The number of nitrogens with zero attached hydrogens (tertiary/aromatic N) is 2. The summed E-state index contributed by atoms with van der Waals surface area (Å²) in [6, 6.07) is 17.1. The number of hydrogen-bond acceptors (Lipinski definition) is 5. The number of benzene rings is 3. The van der Waals surface area contributed by atoms with Crippen LogP contribution in [0.4, 0.5) is 10.1 Å². The van der Waals surface area contributed by atoms with E-state index in [9.17, 15) is 21.2 Å². The molecule has 3 aromatic carbocycles. The second kappa shape index (κ2) is 8.77. The van der Waals surface area contributed by atoms with E-state index < -0.39 is 31.9 Å². The lowest BCUT2D eigenvalue weighted by Crippen LogP contribution is -2.27. The minimum atomic E-state index is -4.11. The van der Waals surface area contributed by atoms with Crippen LogP contribution in [0.2, 0.25) is 5.02 Å². The van der Waals surface area contributed by atoms with Crippen LogP contribution in [-0.4, -0.2) is 33.2 Å². The van der Waals surface area contributed by atoms with E-state index >= 15 is 0 Å². The van der Waals surface area contributed by atoms with Gasteiger partial charge in [-0.3, -0.25) is 4.72 Å². The molecular weight excluding hydrogens is 489 g/mol. The van der Waals surface area contributed by atoms with Crippen molar-refractivity contribution in [2.45, 2.75) is 17.4 Å². The number of sulfonamides is 2. The van der Waals surface area contributed by atoms with E-state index in [1.165, 1.54) is 42.5 Å². The maximum atomic E-state index is 14.6. The Bertz CT molecular complexity index is 1430. The second-order valence-electron chi connectivity index (χ2n) is 7.47. The van der Waals surface area contributed by atoms with Crippen LogP contribution in [0.3, 0.4) is 0 Å². The zero-order valence-corrected chi connectivity index (χ0v) is 19.7. The lowest BCUT2D eigenvalue weighted by Gasteiger charge is -2.23. The summed E-state index contributed by atoms with van der Waals surface area (Å²) in [5.74, 6) is -0.539. The van der Waals surface area contributed by atoms with Crippen LogP contribution in [0.25, 0.3) is 0 Å². The monoisotopic (exact) mass is 507 g/mol. The van der Waals surface area contributed by atoms with Gasteiger partial charge in [-0.05, 0) is 48.0 Å². The van der Waals surface area contributed by atoms with Crippen molar-refractivity contribution in [2.24, 2.45) is 5.10 Å². The molecule has 0 spiro atoms. The summed E-state index contributed by atoms with van der Waals surface area (Å²) in [4.78, 5) is -0.0223. The lowest BCUT2D eigenvalue weighted by atomic mass is 9.99. The Labute approximate surface area is 196 Å². The molecule has 4 rings (SSSR count). The Morgan fingerprint density at radius 1 is 0.970 bits per heavy atom. The fourth-order valence-corrected chi connectivity index (χ4v) is 5.64. The van der Waals surface area contributed by atoms with Crippen molar-refractivity contribution in [1.29, 1.82) is 0 Å². The standard InChI is InChI=1S/C22H19ClFN3O4S2/c1-32(28,29)26-17-10-6-15(7-11-17)21-14-22(19-4-2-3-5-20(19)24)27(25-21)33(30,31)18-12-8-16(23)9-13-18/h2-13,22,26H,14H2,1H3/t22-/m0/s1. The normalized spacial score (nSPS) is 16.5. The van der Waals surface area contributed by atoms with Crippen molar-refractivity contribution in [2.75, 3.05) is 11.0 Å². The van der Waals surface area contributed by atoms with Gasteiger partial charge in [0, 0.05) is 22.7 Å². The highest BCUT2D eigenvalue weighted by Gasteiger charge is 2.38. The SMILES string of the molecule is CS(=O)(=O)Nc1ccc(C2=NN(S(=O)(=O)c3ccc(Cl)cc3)[C@H](c3ccccc3F)C2)cc1. The van der Waals surface area contributed by atoms with Gasteiger partial charge in [-0.15, -0.1) is 0 Å². The minimum Gasteiger partial charge on any atom is -0.284 e. The smallest absolute Gasteiger partial charge is 0.279 e. The van der Waals surface area contributed by atoms with Crippen molar-refractivity contribution < 1.29 is 21.2 Å². The molecule has 0 saturated carbocycles. The first-order valence-electron chi connectivity index (χ1n) is 9.75. The maximum absolute atomic E-state index is 14.6. The average molecular weight is 508 g/mol. The van der Waals surface area contributed by atoms with Crippen LogP contribution in [0, 0.1) is 5.82 Å².